The van der Waals surface area contributed by atoms with Gasteiger partial charge in [-0.05, 0) is 32.5 Å². The highest BCUT2D eigenvalue weighted by molar-refractivity contribution is 5.46. The van der Waals surface area contributed by atoms with Crippen LogP contribution < -0.4 is 10.6 Å². The van der Waals surface area contributed by atoms with Gasteiger partial charge < -0.3 is 15.5 Å². The van der Waals surface area contributed by atoms with Gasteiger partial charge in [0, 0.05) is 19.2 Å². The fourth-order valence-electron chi connectivity index (χ4n) is 1.86. The van der Waals surface area contributed by atoms with Crippen molar-refractivity contribution in [3.63, 3.8) is 0 Å². The predicted octanol–water partition coefficient (Wildman–Crippen LogP) is 2.44. The van der Waals surface area contributed by atoms with E-state index in [2.05, 4.69) is 46.3 Å². The molecule has 1 aromatic rings. The topological polar surface area (TPSA) is 53.1 Å². The average Bonchev–Trinajstić information content (AvgIpc) is 2.46. The molecule has 0 atom stereocenters. The minimum absolute atomic E-state index is 0.892. The van der Waals surface area contributed by atoms with Crippen LogP contribution in [0.3, 0.4) is 0 Å². The van der Waals surface area contributed by atoms with Crippen molar-refractivity contribution in [1.29, 1.82) is 0 Å². The molecule has 0 fully saturated rings. The summed E-state index contributed by atoms with van der Waals surface area (Å²) in [7, 11) is 0. The third-order valence-electron chi connectivity index (χ3n) is 3.07. The maximum Gasteiger partial charge on any atom is 0.131 e. The largest absolute Gasteiger partial charge is 0.370 e. The van der Waals surface area contributed by atoms with E-state index in [0.29, 0.717) is 0 Å². The Bertz CT molecular complexity index is 338. The van der Waals surface area contributed by atoms with Crippen molar-refractivity contribution in [3.8, 4) is 0 Å². The Balaban J connectivity index is 2.28. The summed E-state index contributed by atoms with van der Waals surface area (Å²) >= 11 is 0. The van der Waals surface area contributed by atoms with E-state index < -0.39 is 0 Å². The third kappa shape index (κ3) is 6.38. The van der Waals surface area contributed by atoms with Crippen LogP contribution in [0.4, 0.5) is 11.6 Å². The van der Waals surface area contributed by atoms with Crippen LogP contribution in [0.25, 0.3) is 0 Å². The number of nitrogens with zero attached hydrogens (tertiary/aromatic N) is 3. The van der Waals surface area contributed by atoms with Gasteiger partial charge >= 0.3 is 0 Å². The van der Waals surface area contributed by atoms with Crippen molar-refractivity contribution in [2.24, 2.45) is 0 Å². The number of hydrogen-bond acceptors (Lipinski definition) is 5. The lowest BCUT2D eigenvalue weighted by atomic mass is 10.3. The summed E-state index contributed by atoms with van der Waals surface area (Å²) in [5.74, 6) is 1.79. The summed E-state index contributed by atoms with van der Waals surface area (Å²) in [5.41, 5.74) is 0. The highest BCUT2D eigenvalue weighted by Gasteiger charge is 2.00. The molecule has 0 aliphatic carbocycles. The molecule has 2 N–H and O–H groups in total. The van der Waals surface area contributed by atoms with Gasteiger partial charge in [-0.2, -0.15) is 0 Å². The van der Waals surface area contributed by atoms with E-state index in [4.69, 9.17) is 0 Å². The molecule has 0 saturated heterocycles. The van der Waals surface area contributed by atoms with Gasteiger partial charge in [-0.15, -0.1) is 0 Å². The molecule has 1 aromatic heterocycles. The first-order valence-electron chi connectivity index (χ1n) is 7.32. The van der Waals surface area contributed by atoms with E-state index in [0.717, 1.165) is 57.2 Å². The molecule has 0 saturated carbocycles. The first kappa shape index (κ1) is 15.7. The highest BCUT2D eigenvalue weighted by atomic mass is 15.1. The molecule has 1 heterocycles. The average molecular weight is 265 g/mol. The number of nitrogens with one attached hydrogen (secondary N) is 2. The maximum atomic E-state index is 4.23. The van der Waals surface area contributed by atoms with Crippen molar-refractivity contribution in [2.45, 2.75) is 33.6 Å². The fraction of sp³-hybridized carbons (Fsp3) is 0.714. The normalized spacial score (nSPS) is 10.7. The second-order valence-electron chi connectivity index (χ2n) is 4.52. The molecule has 0 unspecified atom stereocenters. The van der Waals surface area contributed by atoms with E-state index >= 15 is 0 Å². The lowest BCUT2D eigenvalue weighted by Gasteiger charge is -2.17. The van der Waals surface area contributed by atoms with Crippen molar-refractivity contribution in [3.05, 3.63) is 12.4 Å². The van der Waals surface area contributed by atoms with Crippen molar-refractivity contribution >= 4 is 11.6 Å². The standard InChI is InChI=1S/C14H27N5/c1-4-8-15-13-11-14(18-12-17-13)16-9-7-10-19(5-2)6-3/h11-12H,4-10H2,1-3H3,(H2,15,16,17,18). The highest BCUT2D eigenvalue weighted by Crippen LogP contribution is 2.08. The second-order valence-corrected chi connectivity index (χ2v) is 4.52. The number of anilines is 2. The van der Waals surface area contributed by atoms with Gasteiger partial charge in [0.2, 0.25) is 0 Å². The van der Waals surface area contributed by atoms with Crippen molar-refractivity contribution in [1.82, 2.24) is 14.9 Å². The Morgan fingerprint density at radius 3 is 2.21 bits per heavy atom. The zero-order chi connectivity index (χ0) is 13.9. The van der Waals surface area contributed by atoms with E-state index in [1.807, 2.05) is 6.07 Å². The third-order valence-corrected chi connectivity index (χ3v) is 3.07. The van der Waals surface area contributed by atoms with Crippen molar-refractivity contribution in [2.75, 3.05) is 43.4 Å². The second kappa shape index (κ2) is 9.55. The van der Waals surface area contributed by atoms with Crippen LogP contribution in [-0.4, -0.2) is 47.6 Å². The molecule has 0 spiro atoms. The molecule has 0 aromatic carbocycles. The molecule has 5 heteroatoms. The molecule has 0 amide bonds. The Labute approximate surface area is 116 Å². The first-order chi connectivity index (χ1) is 9.30. The quantitative estimate of drug-likeness (QED) is 0.636. The summed E-state index contributed by atoms with van der Waals surface area (Å²) in [6.07, 6.45) is 3.82. The summed E-state index contributed by atoms with van der Waals surface area (Å²) < 4.78 is 0. The van der Waals surface area contributed by atoms with Crippen LogP contribution in [-0.2, 0) is 0 Å². The molecule has 19 heavy (non-hydrogen) atoms. The predicted molar refractivity (Wildman–Crippen MR) is 81.7 cm³/mol. The number of hydrogen-bond donors (Lipinski definition) is 2. The van der Waals surface area contributed by atoms with Crippen LogP contribution in [0.2, 0.25) is 0 Å². The SMILES string of the molecule is CCCNc1cc(NCCCN(CC)CC)ncn1. The van der Waals surface area contributed by atoms with E-state index in [1.54, 1.807) is 6.33 Å². The molecular weight excluding hydrogens is 238 g/mol. The van der Waals surface area contributed by atoms with Gasteiger partial charge in [-0.1, -0.05) is 20.8 Å². The Morgan fingerprint density at radius 1 is 1.00 bits per heavy atom. The number of rotatable bonds is 10. The van der Waals surface area contributed by atoms with Crippen LogP contribution in [0, 0.1) is 0 Å². The monoisotopic (exact) mass is 265 g/mol. The van der Waals surface area contributed by atoms with Gasteiger partial charge in [0.25, 0.3) is 0 Å². The molecule has 1 rings (SSSR count). The molecule has 0 aliphatic rings. The zero-order valence-electron chi connectivity index (χ0n) is 12.4. The Hall–Kier alpha value is -1.36. The molecular formula is C14H27N5. The summed E-state index contributed by atoms with van der Waals surface area (Å²) in [6.45, 7) is 11.8. The van der Waals surface area contributed by atoms with Gasteiger partial charge in [0.05, 0.1) is 0 Å². The number of aromatic nitrogens is 2. The smallest absolute Gasteiger partial charge is 0.131 e. The molecule has 5 nitrogen and oxygen atoms in total. The van der Waals surface area contributed by atoms with Gasteiger partial charge in [-0.25, -0.2) is 9.97 Å². The lowest BCUT2D eigenvalue weighted by Crippen LogP contribution is -2.25. The minimum Gasteiger partial charge on any atom is -0.370 e. The first-order valence-corrected chi connectivity index (χ1v) is 7.32. The molecule has 108 valence electrons. The Kier molecular flexibility index (Phi) is 7.89. The Morgan fingerprint density at radius 2 is 1.63 bits per heavy atom. The molecule has 0 radical (unpaired) electrons. The zero-order valence-corrected chi connectivity index (χ0v) is 12.4. The van der Waals surface area contributed by atoms with Crippen molar-refractivity contribution < 1.29 is 0 Å². The van der Waals surface area contributed by atoms with E-state index in [9.17, 15) is 0 Å². The molecule has 0 bridgehead atoms. The van der Waals surface area contributed by atoms with Crippen LogP contribution >= 0.6 is 0 Å². The van der Waals surface area contributed by atoms with E-state index in [-0.39, 0.29) is 0 Å². The van der Waals surface area contributed by atoms with Crippen LogP contribution in [0.15, 0.2) is 12.4 Å². The summed E-state index contributed by atoms with van der Waals surface area (Å²) in [4.78, 5) is 10.8. The molecule has 0 aliphatic heterocycles. The minimum atomic E-state index is 0.892. The van der Waals surface area contributed by atoms with Crippen LogP contribution in [0.5, 0.6) is 0 Å². The fourth-order valence-corrected chi connectivity index (χ4v) is 1.86. The van der Waals surface area contributed by atoms with Gasteiger partial charge in [-0.3, -0.25) is 0 Å². The van der Waals surface area contributed by atoms with Gasteiger partial charge in [0.1, 0.15) is 18.0 Å². The summed E-state index contributed by atoms with van der Waals surface area (Å²) in [6, 6.07) is 1.97. The van der Waals surface area contributed by atoms with Crippen LogP contribution in [0.1, 0.15) is 33.6 Å². The van der Waals surface area contributed by atoms with E-state index in [1.165, 1.54) is 0 Å². The lowest BCUT2D eigenvalue weighted by molar-refractivity contribution is 0.303. The van der Waals surface area contributed by atoms with Gasteiger partial charge in [0.15, 0.2) is 0 Å². The summed E-state index contributed by atoms with van der Waals surface area (Å²) in [5, 5.41) is 6.61. The maximum absolute atomic E-state index is 4.23.